The van der Waals surface area contributed by atoms with Gasteiger partial charge in [-0.15, -0.1) is 0 Å². The summed E-state index contributed by atoms with van der Waals surface area (Å²) in [5.41, 5.74) is 7.29. The zero-order valence-electron chi connectivity index (χ0n) is 16.5. The Morgan fingerprint density at radius 3 is 2.55 bits per heavy atom. The fourth-order valence-electron chi connectivity index (χ4n) is 4.48. The number of anilines is 1. The van der Waals surface area contributed by atoms with E-state index in [-0.39, 0.29) is 36.4 Å². The van der Waals surface area contributed by atoms with Crippen LogP contribution in [0.2, 0.25) is 5.02 Å². The molecule has 2 fully saturated rings. The summed E-state index contributed by atoms with van der Waals surface area (Å²) in [5, 5.41) is 9.42. The maximum atomic E-state index is 13.8. The monoisotopic (exact) mass is 448 g/mol. The van der Waals surface area contributed by atoms with Crippen LogP contribution in [0.3, 0.4) is 0 Å². The van der Waals surface area contributed by atoms with E-state index in [2.05, 4.69) is 4.90 Å². The fraction of sp³-hybridized carbons (Fsp3) is 0.364. The lowest BCUT2D eigenvalue weighted by atomic mass is 10.0. The van der Waals surface area contributed by atoms with Crippen molar-refractivity contribution >= 4 is 23.2 Å². The molecular formula is C22H20ClF3N4O. The van der Waals surface area contributed by atoms with Crippen molar-refractivity contribution < 1.29 is 18.0 Å². The van der Waals surface area contributed by atoms with E-state index >= 15 is 0 Å². The molecule has 9 heteroatoms. The molecule has 1 amide bonds. The average Bonchev–Trinajstić information content (AvgIpc) is 3.33. The van der Waals surface area contributed by atoms with Gasteiger partial charge in [-0.3, -0.25) is 4.79 Å². The zero-order chi connectivity index (χ0) is 22.3. The third-order valence-corrected chi connectivity index (χ3v) is 6.29. The van der Waals surface area contributed by atoms with Crippen molar-refractivity contribution in [2.45, 2.75) is 37.4 Å². The molecule has 2 aliphatic heterocycles. The molecule has 5 nitrogen and oxygen atoms in total. The first kappa shape index (κ1) is 21.5. The molecular weight excluding hydrogens is 429 g/mol. The van der Waals surface area contributed by atoms with Gasteiger partial charge in [-0.2, -0.15) is 5.26 Å². The lowest BCUT2D eigenvalue weighted by Crippen LogP contribution is -2.50. The van der Waals surface area contributed by atoms with Crippen LogP contribution in [0, 0.1) is 28.8 Å². The summed E-state index contributed by atoms with van der Waals surface area (Å²) in [4.78, 5) is 16.7. The van der Waals surface area contributed by atoms with Crippen LogP contribution in [0.5, 0.6) is 0 Å². The predicted octanol–water partition coefficient (Wildman–Crippen LogP) is 3.38. The summed E-state index contributed by atoms with van der Waals surface area (Å²) in [5.74, 6) is -3.42. The van der Waals surface area contributed by atoms with Crippen molar-refractivity contribution in [1.29, 1.82) is 5.26 Å². The van der Waals surface area contributed by atoms with Crippen LogP contribution < -0.4 is 10.6 Å². The van der Waals surface area contributed by atoms with Gasteiger partial charge in [0.2, 0.25) is 5.91 Å². The minimum Gasteiger partial charge on any atom is -0.365 e. The number of piperazine rings is 1. The van der Waals surface area contributed by atoms with Crippen molar-refractivity contribution in [2.24, 2.45) is 5.73 Å². The van der Waals surface area contributed by atoms with Crippen LogP contribution >= 0.6 is 11.6 Å². The van der Waals surface area contributed by atoms with E-state index in [1.54, 1.807) is 17.0 Å². The largest absolute Gasteiger partial charge is 0.365 e. The van der Waals surface area contributed by atoms with Crippen molar-refractivity contribution in [3.05, 3.63) is 63.9 Å². The number of nitriles is 1. The summed E-state index contributed by atoms with van der Waals surface area (Å²) in [6.45, 7) is 1.18. The van der Waals surface area contributed by atoms with Crippen LogP contribution in [-0.2, 0) is 11.2 Å². The van der Waals surface area contributed by atoms with E-state index in [9.17, 15) is 18.0 Å². The van der Waals surface area contributed by atoms with Crippen molar-refractivity contribution in [3.8, 4) is 6.07 Å². The van der Waals surface area contributed by atoms with E-state index in [1.165, 1.54) is 0 Å². The van der Waals surface area contributed by atoms with E-state index in [1.807, 2.05) is 12.1 Å². The third kappa shape index (κ3) is 4.21. The summed E-state index contributed by atoms with van der Waals surface area (Å²) < 4.78 is 40.3. The van der Waals surface area contributed by atoms with Crippen LogP contribution in [0.15, 0.2) is 30.3 Å². The standard InChI is InChI=1S/C22H20ClF3N4O/c23-18-7-15(2-1-12(18)9-27)29-10-17-6-16(29)11-30(17)22(31)5-14(28)3-13-4-20(25)21(26)8-19(13)24/h1-2,4,7-8,14,16-17H,3,5-6,10-11,28H2. The lowest BCUT2D eigenvalue weighted by molar-refractivity contribution is -0.132. The number of rotatable bonds is 5. The number of carbonyl (C=O) groups excluding carboxylic acids is 1. The second kappa shape index (κ2) is 8.40. The molecule has 4 rings (SSSR count). The molecule has 2 saturated heterocycles. The average molecular weight is 449 g/mol. The van der Waals surface area contributed by atoms with Gasteiger partial charge in [0.1, 0.15) is 11.9 Å². The van der Waals surface area contributed by atoms with Gasteiger partial charge in [-0.25, -0.2) is 13.2 Å². The Hall–Kier alpha value is -2.76. The lowest BCUT2D eigenvalue weighted by Gasteiger charge is -2.36. The molecule has 2 bridgehead atoms. The summed E-state index contributed by atoms with van der Waals surface area (Å²) in [6.07, 6.45) is 0.743. The Kier molecular flexibility index (Phi) is 5.82. The topological polar surface area (TPSA) is 73.4 Å². The van der Waals surface area contributed by atoms with Gasteiger partial charge in [0.25, 0.3) is 0 Å². The Bertz CT molecular complexity index is 1070. The van der Waals surface area contributed by atoms with Crippen LogP contribution in [-0.4, -0.2) is 42.0 Å². The molecule has 0 spiro atoms. The Balaban J connectivity index is 1.36. The zero-order valence-corrected chi connectivity index (χ0v) is 17.2. The first-order valence-corrected chi connectivity index (χ1v) is 10.3. The highest BCUT2D eigenvalue weighted by atomic mass is 35.5. The predicted molar refractivity (Wildman–Crippen MR) is 110 cm³/mol. The van der Waals surface area contributed by atoms with E-state index < -0.39 is 23.5 Å². The van der Waals surface area contributed by atoms with Gasteiger partial charge in [0, 0.05) is 43.3 Å². The fourth-order valence-corrected chi connectivity index (χ4v) is 4.70. The first-order valence-electron chi connectivity index (χ1n) is 9.91. The number of benzene rings is 2. The van der Waals surface area contributed by atoms with Crippen molar-refractivity contribution in [2.75, 3.05) is 18.0 Å². The molecule has 0 saturated carbocycles. The number of carbonyl (C=O) groups is 1. The number of fused-ring (bicyclic) bond motifs is 2. The van der Waals surface area contributed by atoms with Crippen LogP contribution in [0.25, 0.3) is 0 Å². The van der Waals surface area contributed by atoms with Gasteiger partial charge in [-0.05, 0) is 42.7 Å². The molecule has 2 N–H and O–H groups in total. The number of hydrogen-bond donors (Lipinski definition) is 1. The highest BCUT2D eigenvalue weighted by Crippen LogP contribution is 2.36. The Labute approximate surface area is 182 Å². The molecule has 2 heterocycles. The molecule has 0 radical (unpaired) electrons. The van der Waals surface area contributed by atoms with Crippen molar-refractivity contribution in [1.82, 2.24) is 4.90 Å². The van der Waals surface area contributed by atoms with Crippen molar-refractivity contribution in [3.63, 3.8) is 0 Å². The Morgan fingerprint density at radius 2 is 1.90 bits per heavy atom. The van der Waals surface area contributed by atoms with Crippen LogP contribution in [0.4, 0.5) is 18.9 Å². The quantitative estimate of drug-likeness (QED) is 0.712. The number of hydrogen-bond acceptors (Lipinski definition) is 4. The minimum absolute atomic E-state index is 0.00957. The number of likely N-dealkylation sites (tertiary alicyclic amines) is 1. The summed E-state index contributed by atoms with van der Waals surface area (Å²) in [6, 6.07) is 8.06. The molecule has 0 aromatic heterocycles. The normalized spacial score (nSPS) is 20.8. The van der Waals surface area contributed by atoms with E-state index in [0.717, 1.165) is 18.2 Å². The third-order valence-electron chi connectivity index (χ3n) is 5.97. The van der Waals surface area contributed by atoms with Gasteiger partial charge in [0.05, 0.1) is 16.6 Å². The van der Waals surface area contributed by atoms with E-state index in [4.69, 9.17) is 22.6 Å². The molecule has 3 atom stereocenters. The van der Waals surface area contributed by atoms with Crippen LogP contribution in [0.1, 0.15) is 24.0 Å². The second-order valence-electron chi connectivity index (χ2n) is 8.04. The Morgan fingerprint density at radius 1 is 1.16 bits per heavy atom. The molecule has 2 aromatic rings. The molecule has 2 aromatic carbocycles. The SMILES string of the molecule is N#Cc1ccc(N2CC3CC2CN3C(=O)CC(N)Cc2cc(F)c(F)cc2F)cc1Cl. The van der Waals surface area contributed by atoms with Gasteiger partial charge >= 0.3 is 0 Å². The van der Waals surface area contributed by atoms with Gasteiger partial charge in [-0.1, -0.05) is 11.6 Å². The summed E-state index contributed by atoms with van der Waals surface area (Å²) in [7, 11) is 0. The molecule has 2 aliphatic rings. The minimum atomic E-state index is -1.26. The smallest absolute Gasteiger partial charge is 0.224 e. The highest BCUT2D eigenvalue weighted by molar-refractivity contribution is 6.32. The number of amides is 1. The molecule has 3 unspecified atom stereocenters. The molecule has 0 aliphatic carbocycles. The number of halogens is 4. The highest BCUT2D eigenvalue weighted by Gasteiger charge is 2.45. The van der Waals surface area contributed by atoms with Gasteiger partial charge in [0.15, 0.2) is 11.6 Å². The second-order valence-corrected chi connectivity index (χ2v) is 8.45. The molecule has 162 valence electrons. The van der Waals surface area contributed by atoms with Gasteiger partial charge < -0.3 is 15.5 Å². The maximum absolute atomic E-state index is 13.8. The van der Waals surface area contributed by atoms with E-state index in [0.29, 0.717) is 29.7 Å². The number of nitrogens with two attached hydrogens (primary N) is 1. The maximum Gasteiger partial charge on any atom is 0.224 e. The summed E-state index contributed by atoms with van der Waals surface area (Å²) >= 11 is 6.14. The molecule has 31 heavy (non-hydrogen) atoms. The first-order chi connectivity index (χ1) is 14.8. The number of nitrogens with zero attached hydrogens (tertiary/aromatic N) is 3.